The molecule has 5 nitrogen and oxygen atoms in total. The molecule has 0 aliphatic heterocycles. The van der Waals surface area contributed by atoms with Crippen LogP contribution in [0.15, 0.2) is 18.2 Å². The molecule has 0 amide bonds. The molecule has 96 valence electrons. The Morgan fingerprint density at radius 2 is 1.89 bits per heavy atom. The van der Waals surface area contributed by atoms with Crippen molar-refractivity contribution in [2.75, 3.05) is 14.2 Å². The van der Waals surface area contributed by atoms with Crippen LogP contribution in [-0.4, -0.2) is 29.0 Å². The van der Waals surface area contributed by atoms with Crippen LogP contribution in [-0.2, 0) is 5.88 Å². The first-order valence-electron chi connectivity index (χ1n) is 5.40. The Morgan fingerprint density at radius 3 is 2.50 bits per heavy atom. The molecule has 0 unspecified atom stereocenters. The standard InChI is InChI=1S/C12H14ClN3O2/c1-8-14-15-12(7-13)16(8)9-4-5-10(17-2)11(6-9)18-3/h4-6H,7H2,1-3H3. The topological polar surface area (TPSA) is 49.2 Å². The number of methoxy groups -OCH3 is 2. The smallest absolute Gasteiger partial charge is 0.162 e. The van der Waals surface area contributed by atoms with Crippen molar-refractivity contribution in [1.82, 2.24) is 14.8 Å². The van der Waals surface area contributed by atoms with E-state index in [0.29, 0.717) is 23.2 Å². The molecular formula is C12H14ClN3O2. The van der Waals surface area contributed by atoms with Gasteiger partial charge in [-0.05, 0) is 19.1 Å². The van der Waals surface area contributed by atoms with Crippen molar-refractivity contribution < 1.29 is 9.47 Å². The maximum absolute atomic E-state index is 5.85. The van der Waals surface area contributed by atoms with Gasteiger partial charge in [0.2, 0.25) is 0 Å². The number of aromatic nitrogens is 3. The highest BCUT2D eigenvalue weighted by molar-refractivity contribution is 6.16. The maximum Gasteiger partial charge on any atom is 0.162 e. The molecule has 1 heterocycles. The zero-order valence-corrected chi connectivity index (χ0v) is 11.2. The van der Waals surface area contributed by atoms with Gasteiger partial charge in [-0.2, -0.15) is 0 Å². The van der Waals surface area contributed by atoms with Crippen LogP contribution < -0.4 is 9.47 Å². The summed E-state index contributed by atoms with van der Waals surface area (Å²) in [6.45, 7) is 1.87. The van der Waals surface area contributed by atoms with E-state index in [4.69, 9.17) is 21.1 Å². The second kappa shape index (κ2) is 5.27. The minimum Gasteiger partial charge on any atom is -0.493 e. The largest absolute Gasteiger partial charge is 0.493 e. The summed E-state index contributed by atoms with van der Waals surface area (Å²) in [6.07, 6.45) is 0. The van der Waals surface area contributed by atoms with Gasteiger partial charge in [0.05, 0.1) is 25.8 Å². The Bertz CT molecular complexity index is 554. The van der Waals surface area contributed by atoms with Crippen molar-refractivity contribution >= 4 is 11.6 Å². The summed E-state index contributed by atoms with van der Waals surface area (Å²) in [6, 6.07) is 5.62. The van der Waals surface area contributed by atoms with E-state index in [1.54, 1.807) is 14.2 Å². The zero-order chi connectivity index (χ0) is 13.1. The van der Waals surface area contributed by atoms with E-state index >= 15 is 0 Å². The van der Waals surface area contributed by atoms with Gasteiger partial charge in [0, 0.05) is 6.07 Å². The predicted octanol–water partition coefficient (Wildman–Crippen LogP) is 2.33. The number of ether oxygens (including phenoxy) is 2. The molecule has 0 saturated carbocycles. The zero-order valence-electron chi connectivity index (χ0n) is 10.5. The van der Waals surface area contributed by atoms with Gasteiger partial charge >= 0.3 is 0 Å². The van der Waals surface area contributed by atoms with Crippen LogP contribution in [0.3, 0.4) is 0 Å². The van der Waals surface area contributed by atoms with Crippen LogP contribution in [0.5, 0.6) is 11.5 Å². The lowest BCUT2D eigenvalue weighted by atomic mass is 10.2. The van der Waals surface area contributed by atoms with Crippen molar-refractivity contribution in [3.63, 3.8) is 0 Å². The van der Waals surface area contributed by atoms with Gasteiger partial charge in [-0.15, -0.1) is 21.8 Å². The van der Waals surface area contributed by atoms with Crippen molar-refractivity contribution in [3.05, 3.63) is 29.8 Å². The molecule has 0 aliphatic carbocycles. The van der Waals surface area contributed by atoms with Crippen LogP contribution in [0.4, 0.5) is 0 Å². The third-order valence-electron chi connectivity index (χ3n) is 2.64. The lowest BCUT2D eigenvalue weighted by Crippen LogP contribution is -2.02. The summed E-state index contributed by atoms with van der Waals surface area (Å²) in [5.41, 5.74) is 0.894. The van der Waals surface area contributed by atoms with E-state index in [1.807, 2.05) is 29.7 Å². The Labute approximate surface area is 110 Å². The number of aryl methyl sites for hydroxylation is 1. The highest BCUT2D eigenvalue weighted by atomic mass is 35.5. The summed E-state index contributed by atoms with van der Waals surface area (Å²) < 4.78 is 12.4. The van der Waals surface area contributed by atoms with E-state index < -0.39 is 0 Å². The number of nitrogens with zero attached hydrogens (tertiary/aromatic N) is 3. The molecule has 0 N–H and O–H groups in total. The third-order valence-corrected chi connectivity index (χ3v) is 2.88. The third kappa shape index (κ3) is 2.13. The maximum atomic E-state index is 5.85. The van der Waals surface area contributed by atoms with Crippen LogP contribution in [0.2, 0.25) is 0 Å². The van der Waals surface area contributed by atoms with E-state index in [0.717, 1.165) is 11.5 Å². The Balaban J connectivity index is 2.54. The number of benzene rings is 1. The Morgan fingerprint density at radius 1 is 1.17 bits per heavy atom. The molecule has 2 rings (SSSR count). The first kappa shape index (κ1) is 12.7. The predicted molar refractivity (Wildman–Crippen MR) is 68.8 cm³/mol. The van der Waals surface area contributed by atoms with Crippen LogP contribution in [0.1, 0.15) is 11.6 Å². The first-order valence-corrected chi connectivity index (χ1v) is 5.94. The molecule has 6 heteroatoms. The fourth-order valence-corrected chi connectivity index (χ4v) is 1.97. The van der Waals surface area contributed by atoms with Crippen molar-refractivity contribution in [2.45, 2.75) is 12.8 Å². The molecule has 0 bridgehead atoms. The molecule has 1 aromatic carbocycles. The second-order valence-electron chi connectivity index (χ2n) is 3.67. The minimum atomic E-state index is 0.301. The minimum absolute atomic E-state index is 0.301. The number of hydrogen-bond acceptors (Lipinski definition) is 4. The molecule has 0 radical (unpaired) electrons. The molecule has 0 saturated heterocycles. The molecule has 1 aromatic heterocycles. The van der Waals surface area contributed by atoms with Crippen molar-refractivity contribution in [3.8, 4) is 17.2 Å². The summed E-state index contributed by atoms with van der Waals surface area (Å²) in [5.74, 6) is 3.11. The fourth-order valence-electron chi connectivity index (χ4n) is 1.79. The summed E-state index contributed by atoms with van der Waals surface area (Å²) >= 11 is 5.85. The molecule has 0 atom stereocenters. The number of hydrogen-bond donors (Lipinski definition) is 0. The van der Waals surface area contributed by atoms with E-state index in [-0.39, 0.29) is 0 Å². The van der Waals surface area contributed by atoms with Gasteiger partial charge in [-0.1, -0.05) is 0 Å². The molecule has 0 aliphatic rings. The number of rotatable bonds is 4. The van der Waals surface area contributed by atoms with Gasteiger partial charge < -0.3 is 9.47 Å². The van der Waals surface area contributed by atoms with Crippen LogP contribution >= 0.6 is 11.6 Å². The highest BCUT2D eigenvalue weighted by Gasteiger charge is 2.12. The summed E-state index contributed by atoms with van der Waals surface area (Å²) in [7, 11) is 3.20. The monoisotopic (exact) mass is 267 g/mol. The highest BCUT2D eigenvalue weighted by Crippen LogP contribution is 2.29. The van der Waals surface area contributed by atoms with E-state index in [1.165, 1.54) is 0 Å². The van der Waals surface area contributed by atoms with Gasteiger partial charge in [-0.3, -0.25) is 4.57 Å². The first-order chi connectivity index (χ1) is 8.71. The van der Waals surface area contributed by atoms with Crippen molar-refractivity contribution in [2.24, 2.45) is 0 Å². The lowest BCUT2D eigenvalue weighted by Gasteiger charge is -2.11. The fraction of sp³-hybridized carbons (Fsp3) is 0.333. The average molecular weight is 268 g/mol. The van der Waals surface area contributed by atoms with Gasteiger partial charge in [-0.25, -0.2) is 0 Å². The summed E-state index contributed by atoms with van der Waals surface area (Å²) in [5, 5.41) is 8.04. The number of alkyl halides is 1. The van der Waals surface area contributed by atoms with Crippen LogP contribution in [0, 0.1) is 6.92 Å². The van der Waals surface area contributed by atoms with Crippen molar-refractivity contribution in [1.29, 1.82) is 0 Å². The molecule has 2 aromatic rings. The molecule has 0 spiro atoms. The van der Waals surface area contributed by atoms with Crippen LogP contribution in [0.25, 0.3) is 5.69 Å². The SMILES string of the molecule is COc1ccc(-n2c(C)nnc2CCl)cc1OC. The number of halogens is 1. The normalized spacial score (nSPS) is 10.4. The molecular weight excluding hydrogens is 254 g/mol. The van der Waals surface area contributed by atoms with E-state index in [9.17, 15) is 0 Å². The second-order valence-corrected chi connectivity index (χ2v) is 3.94. The molecule has 0 fully saturated rings. The quantitative estimate of drug-likeness (QED) is 0.798. The van der Waals surface area contributed by atoms with E-state index in [2.05, 4.69) is 10.2 Å². The van der Waals surface area contributed by atoms with Gasteiger partial charge in [0.25, 0.3) is 0 Å². The van der Waals surface area contributed by atoms with Gasteiger partial charge in [0.15, 0.2) is 17.3 Å². The van der Waals surface area contributed by atoms with Gasteiger partial charge in [0.1, 0.15) is 5.82 Å². The molecule has 18 heavy (non-hydrogen) atoms. The average Bonchev–Trinajstić information content (AvgIpc) is 2.79. The summed E-state index contributed by atoms with van der Waals surface area (Å²) in [4.78, 5) is 0. The Hall–Kier alpha value is -1.75. The Kier molecular flexibility index (Phi) is 3.72. The lowest BCUT2D eigenvalue weighted by molar-refractivity contribution is 0.355.